The van der Waals surface area contributed by atoms with E-state index in [-0.39, 0.29) is 12.0 Å². The van der Waals surface area contributed by atoms with Crippen molar-refractivity contribution < 1.29 is 9.90 Å². The quantitative estimate of drug-likeness (QED) is 0.901. The van der Waals surface area contributed by atoms with Crippen LogP contribution < -0.4 is 0 Å². The lowest BCUT2D eigenvalue weighted by molar-refractivity contribution is 0.0239. The van der Waals surface area contributed by atoms with E-state index in [1.807, 2.05) is 4.90 Å². The molecule has 0 aliphatic carbocycles. The molecule has 0 radical (unpaired) electrons. The highest BCUT2D eigenvalue weighted by Gasteiger charge is 2.30. The minimum Gasteiger partial charge on any atom is -0.392 e. The largest absolute Gasteiger partial charge is 0.392 e. The molecule has 120 valence electrons. The second-order valence-electron chi connectivity index (χ2n) is 6.18. The minimum absolute atomic E-state index is 0.0196. The number of β-amino-alcohol motifs (C(OH)–C–C–N with tert-alkyl or cyclic N) is 1. The number of aliphatic hydroxyl groups excluding tert-OH is 1. The van der Waals surface area contributed by atoms with Crippen LogP contribution in [-0.4, -0.2) is 64.1 Å². The van der Waals surface area contributed by atoms with Gasteiger partial charge in [-0.05, 0) is 44.4 Å². The third kappa shape index (κ3) is 3.59. The smallest absolute Gasteiger partial charge is 0.272 e. The standard InChI is InChI=1S/C16H22ClN3O2/c17-12-3-4-15(18-10-12)16(22)19-8-5-13(6-9-19)20-7-1-2-14(21)11-20/h3-4,10,13-14,21H,1-2,5-9,11H2. The van der Waals surface area contributed by atoms with Crippen LogP contribution in [0.4, 0.5) is 0 Å². The van der Waals surface area contributed by atoms with Crippen molar-refractivity contribution in [3.63, 3.8) is 0 Å². The molecule has 3 rings (SSSR count). The van der Waals surface area contributed by atoms with Gasteiger partial charge in [0.25, 0.3) is 5.91 Å². The first kappa shape index (κ1) is 15.7. The van der Waals surface area contributed by atoms with E-state index < -0.39 is 0 Å². The van der Waals surface area contributed by atoms with Crippen molar-refractivity contribution >= 4 is 17.5 Å². The average molecular weight is 324 g/mol. The molecule has 22 heavy (non-hydrogen) atoms. The van der Waals surface area contributed by atoms with Crippen molar-refractivity contribution in [2.45, 2.75) is 37.8 Å². The summed E-state index contributed by atoms with van der Waals surface area (Å²) in [4.78, 5) is 20.8. The van der Waals surface area contributed by atoms with Gasteiger partial charge in [0.2, 0.25) is 0 Å². The molecule has 0 bridgehead atoms. The number of hydrogen-bond donors (Lipinski definition) is 1. The Balaban J connectivity index is 1.55. The third-order valence-electron chi connectivity index (χ3n) is 4.64. The summed E-state index contributed by atoms with van der Waals surface area (Å²) in [5.74, 6) is -0.0196. The summed E-state index contributed by atoms with van der Waals surface area (Å²) < 4.78 is 0. The Hall–Kier alpha value is -1.17. The lowest BCUT2D eigenvalue weighted by Gasteiger charge is -2.41. The summed E-state index contributed by atoms with van der Waals surface area (Å²) in [6.07, 6.45) is 5.23. The van der Waals surface area contributed by atoms with Crippen LogP contribution in [0, 0.1) is 0 Å². The summed E-state index contributed by atoms with van der Waals surface area (Å²) in [5, 5.41) is 10.3. The van der Waals surface area contributed by atoms with E-state index in [0.29, 0.717) is 16.8 Å². The van der Waals surface area contributed by atoms with Crippen molar-refractivity contribution in [2.24, 2.45) is 0 Å². The highest BCUT2D eigenvalue weighted by molar-refractivity contribution is 6.30. The van der Waals surface area contributed by atoms with Gasteiger partial charge in [-0.3, -0.25) is 9.69 Å². The molecule has 2 aliphatic rings. The molecule has 3 heterocycles. The first-order valence-corrected chi connectivity index (χ1v) is 8.34. The fourth-order valence-electron chi connectivity index (χ4n) is 3.41. The Morgan fingerprint density at radius 1 is 1.23 bits per heavy atom. The zero-order chi connectivity index (χ0) is 15.5. The van der Waals surface area contributed by atoms with Crippen LogP contribution in [0.25, 0.3) is 0 Å². The Labute approximate surface area is 135 Å². The first-order chi connectivity index (χ1) is 10.6. The van der Waals surface area contributed by atoms with Gasteiger partial charge in [0, 0.05) is 31.9 Å². The van der Waals surface area contributed by atoms with Gasteiger partial charge in [0.05, 0.1) is 11.1 Å². The van der Waals surface area contributed by atoms with Crippen molar-refractivity contribution in [3.8, 4) is 0 Å². The van der Waals surface area contributed by atoms with E-state index in [1.54, 1.807) is 12.1 Å². The van der Waals surface area contributed by atoms with Crippen molar-refractivity contribution in [3.05, 3.63) is 29.0 Å². The van der Waals surface area contributed by atoms with E-state index in [1.165, 1.54) is 6.20 Å². The first-order valence-electron chi connectivity index (χ1n) is 7.96. The average Bonchev–Trinajstić information content (AvgIpc) is 2.55. The zero-order valence-electron chi connectivity index (χ0n) is 12.6. The van der Waals surface area contributed by atoms with Crippen molar-refractivity contribution in [2.75, 3.05) is 26.2 Å². The van der Waals surface area contributed by atoms with Gasteiger partial charge >= 0.3 is 0 Å². The maximum atomic E-state index is 12.4. The number of piperidine rings is 2. The predicted molar refractivity (Wildman–Crippen MR) is 85.0 cm³/mol. The van der Waals surface area contributed by atoms with Gasteiger partial charge in [-0.1, -0.05) is 11.6 Å². The molecule has 1 aromatic heterocycles. The van der Waals surface area contributed by atoms with Gasteiger partial charge in [-0.25, -0.2) is 4.98 Å². The molecule has 6 heteroatoms. The molecule has 1 unspecified atom stereocenters. The Kier molecular flexibility index (Phi) is 4.96. The molecular formula is C16H22ClN3O2. The number of rotatable bonds is 2. The lowest BCUT2D eigenvalue weighted by Crippen LogP contribution is -2.50. The number of likely N-dealkylation sites (tertiary alicyclic amines) is 2. The summed E-state index contributed by atoms with van der Waals surface area (Å²) in [6, 6.07) is 3.86. The van der Waals surface area contributed by atoms with Crippen LogP contribution in [0.5, 0.6) is 0 Å². The van der Waals surface area contributed by atoms with Crippen molar-refractivity contribution in [1.82, 2.24) is 14.8 Å². The van der Waals surface area contributed by atoms with Gasteiger partial charge in [0.15, 0.2) is 0 Å². The van der Waals surface area contributed by atoms with E-state index in [0.717, 1.165) is 51.9 Å². The molecule has 2 fully saturated rings. The number of aromatic nitrogens is 1. The van der Waals surface area contributed by atoms with E-state index in [2.05, 4.69) is 9.88 Å². The molecular weight excluding hydrogens is 302 g/mol. The van der Waals surface area contributed by atoms with Crippen LogP contribution in [0.3, 0.4) is 0 Å². The third-order valence-corrected chi connectivity index (χ3v) is 4.87. The van der Waals surface area contributed by atoms with E-state index in [4.69, 9.17) is 11.6 Å². The van der Waals surface area contributed by atoms with Gasteiger partial charge in [-0.15, -0.1) is 0 Å². The van der Waals surface area contributed by atoms with Crippen LogP contribution in [0.2, 0.25) is 5.02 Å². The van der Waals surface area contributed by atoms with Crippen LogP contribution in [0.15, 0.2) is 18.3 Å². The maximum Gasteiger partial charge on any atom is 0.272 e. The Bertz CT molecular complexity index is 515. The minimum atomic E-state index is -0.188. The SMILES string of the molecule is O=C(c1ccc(Cl)cn1)N1CCC(N2CCCC(O)C2)CC1. The number of carbonyl (C=O) groups is 1. The predicted octanol–water partition coefficient (Wildman–Crippen LogP) is 1.80. The molecule has 0 saturated carbocycles. The molecule has 2 aliphatic heterocycles. The fourth-order valence-corrected chi connectivity index (χ4v) is 3.53. The number of carbonyl (C=O) groups excluding carboxylic acids is 1. The number of pyridine rings is 1. The second-order valence-corrected chi connectivity index (χ2v) is 6.61. The summed E-state index contributed by atoms with van der Waals surface area (Å²) in [7, 11) is 0. The molecule has 0 spiro atoms. The number of amides is 1. The molecule has 5 nitrogen and oxygen atoms in total. The normalized spacial score (nSPS) is 24.5. The number of halogens is 1. The summed E-state index contributed by atoms with van der Waals surface area (Å²) in [5.41, 5.74) is 0.455. The summed E-state index contributed by atoms with van der Waals surface area (Å²) >= 11 is 5.81. The molecule has 2 saturated heterocycles. The fraction of sp³-hybridized carbons (Fsp3) is 0.625. The van der Waals surface area contributed by atoms with Crippen molar-refractivity contribution in [1.29, 1.82) is 0 Å². The highest BCUT2D eigenvalue weighted by atomic mass is 35.5. The number of aliphatic hydroxyl groups is 1. The maximum absolute atomic E-state index is 12.4. The van der Waals surface area contributed by atoms with Gasteiger partial charge in [-0.2, -0.15) is 0 Å². The van der Waals surface area contributed by atoms with E-state index >= 15 is 0 Å². The number of hydrogen-bond acceptors (Lipinski definition) is 4. The van der Waals surface area contributed by atoms with Gasteiger partial charge in [0.1, 0.15) is 5.69 Å². The second kappa shape index (κ2) is 6.94. The van der Waals surface area contributed by atoms with Crippen LogP contribution >= 0.6 is 11.6 Å². The molecule has 1 atom stereocenters. The zero-order valence-corrected chi connectivity index (χ0v) is 13.4. The monoisotopic (exact) mass is 323 g/mol. The lowest BCUT2D eigenvalue weighted by atomic mass is 9.99. The highest BCUT2D eigenvalue weighted by Crippen LogP contribution is 2.22. The van der Waals surface area contributed by atoms with E-state index in [9.17, 15) is 9.90 Å². The number of nitrogens with zero attached hydrogens (tertiary/aromatic N) is 3. The molecule has 0 aromatic carbocycles. The van der Waals surface area contributed by atoms with Crippen LogP contribution in [-0.2, 0) is 0 Å². The van der Waals surface area contributed by atoms with Gasteiger partial charge < -0.3 is 10.0 Å². The molecule has 1 N–H and O–H groups in total. The Morgan fingerprint density at radius 3 is 2.64 bits per heavy atom. The van der Waals surface area contributed by atoms with Crippen LogP contribution in [0.1, 0.15) is 36.2 Å². The molecule has 1 aromatic rings. The summed E-state index contributed by atoms with van der Waals surface area (Å²) in [6.45, 7) is 3.34. The Morgan fingerprint density at radius 2 is 2.00 bits per heavy atom. The molecule has 1 amide bonds. The topological polar surface area (TPSA) is 56.7 Å².